The Morgan fingerprint density at radius 1 is 1.12 bits per heavy atom. The standard InChI is InChI=1S/C32H31ClN6O2/c1-22-28(20-34)30(25-13-8-14-26(33)19-25)31(29(38-22)21-41-18-17-37-39-35)32(40)36-16-15-27(23-9-4-2-5-10-23)24-11-6-3-7-12-24/h2-14,19,27-28,30H,15-18,21H2,1H3,(H,36,40). The Labute approximate surface area is 245 Å². The van der Waals surface area contributed by atoms with E-state index in [1.54, 1.807) is 19.1 Å². The second-order valence-electron chi connectivity index (χ2n) is 9.68. The maximum atomic E-state index is 13.9. The molecule has 0 spiro atoms. The zero-order valence-corrected chi connectivity index (χ0v) is 23.5. The number of amides is 1. The predicted octanol–water partition coefficient (Wildman–Crippen LogP) is 6.96. The fraction of sp³-hybridized carbons (Fsp3) is 0.281. The fourth-order valence-electron chi connectivity index (χ4n) is 5.18. The minimum absolute atomic E-state index is 0.0346. The van der Waals surface area contributed by atoms with Crippen molar-refractivity contribution in [1.82, 2.24) is 5.32 Å². The van der Waals surface area contributed by atoms with Crippen LogP contribution in [0, 0.1) is 17.2 Å². The van der Waals surface area contributed by atoms with Crippen molar-refractivity contribution < 1.29 is 9.53 Å². The molecule has 0 saturated heterocycles. The summed E-state index contributed by atoms with van der Waals surface area (Å²) in [6.45, 7) is 2.56. The molecule has 208 valence electrons. The van der Waals surface area contributed by atoms with Gasteiger partial charge < -0.3 is 10.1 Å². The molecule has 1 heterocycles. The Morgan fingerprint density at radius 2 is 1.80 bits per heavy atom. The van der Waals surface area contributed by atoms with Gasteiger partial charge in [-0.1, -0.05) is 89.5 Å². The number of hydrogen-bond acceptors (Lipinski definition) is 5. The molecule has 8 nitrogen and oxygen atoms in total. The summed E-state index contributed by atoms with van der Waals surface area (Å²) in [6, 6.07) is 30.0. The smallest absolute Gasteiger partial charge is 0.249 e. The van der Waals surface area contributed by atoms with E-state index in [0.29, 0.717) is 35.0 Å². The van der Waals surface area contributed by atoms with E-state index >= 15 is 0 Å². The predicted molar refractivity (Wildman–Crippen MR) is 161 cm³/mol. The minimum atomic E-state index is -0.650. The lowest BCUT2D eigenvalue weighted by Crippen LogP contribution is -2.36. The third-order valence-electron chi connectivity index (χ3n) is 7.07. The summed E-state index contributed by atoms with van der Waals surface area (Å²) in [5.74, 6) is -1.44. The molecule has 0 bridgehead atoms. The summed E-state index contributed by atoms with van der Waals surface area (Å²) >= 11 is 6.33. The minimum Gasteiger partial charge on any atom is -0.375 e. The maximum absolute atomic E-state index is 13.9. The molecule has 0 fully saturated rings. The molecule has 1 N–H and O–H groups in total. The van der Waals surface area contributed by atoms with Crippen LogP contribution >= 0.6 is 11.6 Å². The SMILES string of the molecule is CC1=NC(COCCN=[N+]=[N-])=C(C(=O)NCCC(c2ccccc2)c2ccccc2)C(c2cccc(Cl)c2)C1C#N. The Hall–Kier alpha value is -4.41. The maximum Gasteiger partial charge on any atom is 0.249 e. The van der Waals surface area contributed by atoms with Crippen molar-refractivity contribution in [2.75, 3.05) is 26.3 Å². The Balaban J connectivity index is 1.63. The number of nitrogens with one attached hydrogen (secondary N) is 1. The van der Waals surface area contributed by atoms with Gasteiger partial charge in [-0.05, 0) is 47.7 Å². The van der Waals surface area contributed by atoms with E-state index in [9.17, 15) is 10.1 Å². The monoisotopic (exact) mass is 566 g/mol. The number of aliphatic imine (C=N–C) groups is 1. The Kier molecular flexibility index (Phi) is 10.7. The van der Waals surface area contributed by atoms with Gasteiger partial charge in [0.25, 0.3) is 0 Å². The van der Waals surface area contributed by atoms with Crippen LogP contribution in [-0.2, 0) is 9.53 Å². The first-order chi connectivity index (χ1) is 20.0. The second-order valence-corrected chi connectivity index (χ2v) is 10.1. The van der Waals surface area contributed by atoms with Gasteiger partial charge in [-0.15, -0.1) is 0 Å². The summed E-state index contributed by atoms with van der Waals surface area (Å²) in [5, 5.41) is 17.2. The molecule has 0 aromatic heterocycles. The number of nitriles is 1. The van der Waals surface area contributed by atoms with E-state index in [1.807, 2.05) is 48.5 Å². The molecule has 2 unspecified atom stereocenters. The van der Waals surface area contributed by atoms with Gasteiger partial charge in [0.2, 0.25) is 5.91 Å². The lowest BCUT2D eigenvalue weighted by Gasteiger charge is -2.30. The lowest BCUT2D eigenvalue weighted by atomic mass is 9.76. The number of ether oxygens (including phenoxy) is 1. The first kappa shape index (κ1) is 29.6. The quantitative estimate of drug-likeness (QED) is 0.110. The first-order valence-corrected chi connectivity index (χ1v) is 13.8. The molecule has 1 aliphatic rings. The van der Waals surface area contributed by atoms with Crippen LogP contribution in [0.5, 0.6) is 0 Å². The summed E-state index contributed by atoms with van der Waals surface area (Å²) in [4.78, 5) is 21.3. The number of benzene rings is 3. The van der Waals surface area contributed by atoms with Gasteiger partial charge in [0, 0.05) is 46.1 Å². The Bertz CT molecular complexity index is 1450. The largest absolute Gasteiger partial charge is 0.375 e. The van der Waals surface area contributed by atoms with Gasteiger partial charge in [-0.3, -0.25) is 9.79 Å². The number of nitrogens with zero attached hydrogens (tertiary/aromatic N) is 5. The molecular formula is C32H31ClN6O2. The summed E-state index contributed by atoms with van der Waals surface area (Å²) in [6.07, 6.45) is 0.677. The van der Waals surface area contributed by atoms with Crippen LogP contribution in [0.3, 0.4) is 0 Å². The highest BCUT2D eigenvalue weighted by Gasteiger charge is 2.38. The summed E-state index contributed by atoms with van der Waals surface area (Å²) in [7, 11) is 0. The third kappa shape index (κ3) is 7.62. The fourth-order valence-corrected chi connectivity index (χ4v) is 5.38. The van der Waals surface area contributed by atoms with Crippen LogP contribution in [0.2, 0.25) is 5.02 Å². The normalized spacial score (nSPS) is 16.5. The third-order valence-corrected chi connectivity index (χ3v) is 7.30. The zero-order valence-electron chi connectivity index (χ0n) is 22.8. The number of azide groups is 1. The van der Waals surface area contributed by atoms with E-state index in [1.165, 1.54) is 11.1 Å². The molecular weight excluding hydrogens is 536 g/mol. The number of hydrogen-bond donors (Lipinski definition) is 1. The zero-order chi connectivity index (χ0) is 29.0. The van der Waals surface area contributed by atoms with Crippen molar-refractivity contribution in [3.63, 3.8) is 0 Å². The molecule has 41 heavy (non-hydrogen) atoms. The van der Waals surface area contributed by atoms with Crippen LogP contribution in [0.25, 0.3) is 10.4 Å². The molecule has 0 saturated carbocycles. The van der Waals surface area contributed by atoms with Crippen molar-refractivity contribution in [2.45, 2.75) is 25.2 Å². The summed E-state index contributed by atoms with van der Waals surface area (Å²) < 4.78 is 5.72. The highest BCUT2D eigenvalue weighted by molar-refractivity contribution is 6.30. The van der Waals surface area contributed by atoms with Crippen molar-refractivity contribution >= 4 is 23.2 Å². The van der Waals surface area contributed by atoms with E-state index in [2.05, 4.69) is 50.7 Å². The second kappa shape index (κ2) is 14.8. The van der Waals surface area contributed by atoms with Crippen molar-refractivity contribution in [3.8, 4) is 6.07 Å². The van der Waals surface area contributed by atoms with Gasteiger partial charge in [0.05, 0.1) is 30.9 Å². The van der Waals surface area contributed by atoms with Crippen LogP contribution in [0.1, 0.15) is 41.9 Å². The van der Waals surface area contributed by atoms with Gasteiger partial charge in [0.1, 0.15) is 0 Å². The molecule has 1 aliphatic heterocycles. The van der Waals surface area contributed by atoms with E-state index in [-0.39, 0.29) is 31.6 Å². The molecule has 0 radical (unpaired) electrons. The molecule has 2 atom stereocenters. The lowest BCUT2D eigenvalue weighted by molar-refractivity contribution is -0.118. The van der Waals surface area contributed by atoms with Crippen molar-refractivity contribution in [1.29, 1.82) is 5.26 Å². The molecule has 1 amide bonds. The summed E-state index contributed by atoms with van der Waals surface area (Å²) in [5.41, 5.74) is 13.0. The van der Waals surface area contributed by atoms with Gasteiger partial charge in [-0.25, -0.2) is 0 Å². The average Bonchev–Trinajstić information content (AvgIpc) is 2.99. The van der Waals surface area contributed by atoms with Gasteiger partial charge in [0.15, 0.2) is 0 Å². The Morgan fingerprint density at radius 3 is 2.41 bits per heavy atom. The molecule has 4 rings (SSSR count). The highest BCUT2D eigenvalue weighted by Crippen LogP contribution is 2.39. The van der Waals surface area contributed by atoms with E-state index in [4.69, 9.17) is 21.9 Å². The van der Waals surface area contributed by atoms with E-state index < -0.39 is 11.8 Å². The van der Waals surface area contributed by atoms with Gasteiger partial charge >= 0.3 is 0 Å². The average molecular weight is 567 g/mol. The number of rotatable bonds is 12. The molecule has 9 heteroatoms. The van der Waals surface area contributed by atoms with Crippen LogP contribution in [0.15, 0.2) is 106 Å². The molecule has 3 aromatic rings. The highest BCUT2D eigenvalue weighted by atomic mass is 35.5. The van der Waals surface area contributed by atoms with Crippen LogP contribution in [0.4, 0.5) is 0 Å². The number of carbonyl (C=O) groups is 1. The van der Waals surface area contributed by atoms with Crippen LogP contribution < -0.4 is 5.32 Å². The first-order valence-electron chi connectivity index (χ1n) is 13.4. The topological polar surface area (TPSA) is 123 Å². The number of halogens is 1. The van der Waals surface area contributed by atoms with Gasteiger partial charge in [-0.2, -0.15) is 5.26 Å². The van der Waals surface area contributed by atoms with Crippen LogP contribution in [-0.4, -0.2) is 37.9 Å². The molecule has 3 aromatic carbocycles. The number of carbonyl (C=O) groups excluding carboxylic acids is 1. The van der Waals surface area contributed by atoms with E-state index in [0.717, 1.165) is 5.56 Å². The van der Waals surface area contributed by atoms with Crippen molar-refractivity contribution in [3.05, 3.63) is 128 Å². The molecule has 0 aliphatic carbocycles. The van der Waals surface area contributed by atoms with Crippen molar-refractivity contribution in [2.24, 2.45) is 16.0 Å².